The van der Waals surface area contributed by atoms with Gasteiger partial charge in [0.15, 0.2) is 0 Å². The molecule has 0 saturated carbocycles. The van der Waals surface area contributed by atoms with Crippen molar-refractivity contribution in [3.8, 4) is 0 Å². The van der Waals surface area contributed by atoms with Gasteiger partial charge in [-0.2, -0.15) is 0 Å². The van der Waals surface area contributed by atoms with Crippen molar-refractivity contribution in [3.63, 3.8) is 0 Å². The maximum Gasteiger partial charge on any atom is 0.220 e. The fourth-order valence-corrected chi connectivity index (χ4v) is 1.99. The van der Waals surface area contributed by atoms with E-state index < -0.39 is 0 Å². The fraction of sp³-hybridized carbons (Fsp3) is 0.929. The lowest BCUT2D eigenvalue weighted by molar-refractivity contribution is -0.122. The van der Waals surface area contributed by atoms with Crippen LogP contribution in [0.3, 0.4) is 0 Å². The summed E-state index contributed by atoms with van der Waals surface area (Å²) >= 11 is 0. The molecule has 0 spiro atoms. The first-order chi connectivity index (χ1) is 7.89. The number of rotatable bonds is 4. The molecule has 0 bridgehead atoms. The highest BCUT2D eigenvalue weighted by atomic mass is 16.1. The smallest absolute Gasteiger partial charge is 0.220 e. The molecule has 2 N–H and O–H groups in total. The van der Waals surface area contributed by atoms with Crippen LogP contribution in [0.15, 0.2) is 0 Å². The van der Waals surface area contributed by atoms with E-state index in [0.29, 0.717) is 18.3 Å². The summed E-state index contributed by atoms with van der Waals surface area (Å²) in [5.74, 6) is 1.33. The van der Waals surface area contributed by atoms with E-state index >= 15 is 0 Å². The van der Waals surface area contributed by atoms with Crippen molar-refractivity contribution >= 4 is 5.91 Å². The van der Waals surface area contributed by atoms with Crippen molar-refractivity contribution in [2.75, 3.05) is 19.6 Å². The number of hydrogen-bond acceptors (Lipinski definition) is 2. The van der Waals surface area contributed by atoms with Crippen molar-refractivity contribution in [3.05, 3.63) is 0 Å². The lowest BCUT2D eigenvalue weighted by Gasteiger charge is -2.28. The topological polar surface area (TPSA) is 41.1 Å². The number of amides is 1. The number of piperidine rings is 1. The number of nitrogens with one attached hydrogen (secondary N) is 2. The standard InChI is InChI=1S/C14H28N2O/c1-11(14(2,3)4)10-16-13(17)9-12-5-7-15-8-6-12/h11-12,15H,5-10H2,1-4H3,(H,16,17). The van der Waals surface area contributed by atoms with E-state index in [4.69, 9.17) is 0 Å². The number of hydrogen-bond donors (Lipinski definition) is 2. The number of carbonyl (C=O) groups excluding carboxylic acids is 1. The third-order valence-corrected chi connectivity index (χ3v) is 4.02. The molecule has 1 atom stereocenters. The zero-order chi connectivity index (χ0) is 12.9. The van der Waals surface area contributed by atoms with Gasteiger partial charge in [0.25, 0.3) is 0 Å². The largest absolute Gasteiger partial charge is 0.356 e. The Labute approximate surface area is 106 Å². The van der Waals surface area contributed by atoms with E-state index in [1.807, 2.05) is 0 Å². The van der Waals surface area contributed by atoms with Gasteiger partial charge in [0.2, 0.25) is 5.91 Å². The Bertz CT molecular complexity index is 239. The van der Waals surface area contributed by atoms with E-state index in [1.165, 1.54) is 0 Å². The Hall–Kier alpha value is -0.570. The maximum absolute atomic E-state index is 11.8. The molecule has 3 heteroatoms. The van der Waals surface area contributed by atoms with Gasteiger partial charge < -0.3 is 10.6 Å². The van der Waals surface area contributed by atoms with Gasteiger partial charge in [-0.05, 0) is 43.2 Å². The minimum atomic E-state index is 0.230. The highest BCUT2D eigenvalue weighted by Gasteiger charge is 2.21. The van der Waals surface area contributed by atoms with E-state index in [1.54, 1.807) is 0 Å². The first-order valence-corrected chi connectivity index (χ1v) is 6.87. The molecule has 0 aromatic heterocycles. The van der Waals surface area contributed by atoms with Crippen LogP contribution in [-0.2, 0) is 4.79 Å². The average Bonchev–Trinajstić information content (AvgIpc) is 2.26. The van der Waals surface area contributed by atoms with Crippen LogP contribution in [0.25, 0.3) is 0 Å². The molecule has 1 rings (SSSR count). The first-order valence-electron chi connectivity index (χ1n) is 6.87. The van der Waals surface area contributed by atoms with E-state index in [9.17, 15) is 4.79 Å². The molecule has 1 aliphatic rings. The van der Waals surface area contributed by atoms with Crippen LogP contribution in [0.5, 0.6) is 0 Å². The van der Waals surface area contributed by atoms with Crippen LogP contribution in [0.2, 0.25) is 0 Å². The van der Waals surface area contributed by atoms with Gasteiger partial charge >= 0.3 is 0 Å². The van der Waals surface area contributed by atoms with Crippen LogP contribution in [0.4, 0.5) is 0 Å². The molecule has 1 heterocycles. The lowest BCUT2D eigenvalue weighted by Crippen LogP contribution is -2.36. The Morgan fingerprint density at radius 1 is 1.35 bits per heavy atom. The Kier molecular flexibility index (Phi) is 5.44. The first kappa shape index (κ1) is 14.5. The molecular weight excluding hydrogens is 212 g/mol. The summed E-state index contributed by atoms with van der Waals surface area (Å²) < 4.78 is 0. The van der Waals surface area contributed by atoms with Gasteiger partial charge in [-0.1, -0.05) is 27.7 Å². The second kappa shape index (κ2) is 6.39. The fourth-order valence-electron chi connectivity index (χ4n) is 1.99. The Morgan fingerprint density at radius 3 is 2.47 bits per heavy atom. The van der Waals surface area contributed by atoms with Crippen LogP contribution in [0.1, 0.15) is 47.0 Å². The van der Waals surface area contributed by atoms with Gasteiger partial charge in [0.05, 0.1) is 0 Å². The molecule has 0 aromatic carbocycles. The summed E-state index contributed by atoms with van der Waals surface area (Å²) in [4.78, 5) is 11.8. The van der Waals surface area contributed by atoms with Crippen LogP contribution < -0.4 is 10.6 Å². The second-order valence-electron chi connectivity index (χ2n) is 6.47. The van der Waals surface area contributed by atoms with E-state index in [-0.39, 0.29) is 11.3 Å². The summed E-state index contributed by atoms with van der Waals surface area (Å²) in [5, 5.41) is 6.40. The molecule has 1 fully saturated rings. The summed E-state index contributed by atoms with van der Waals surface area (Å²) in [6.07, 6.45) is 2.99. The minimum absolute atomic E-state index is 0.230. The van der Waals surface area contributed by atoms with Gasteiger partial charge in [0, 0.05) is 13.0 Å². The molecule has 0 aromatic rings. The monoisotopic (exact) mass is 240 g/mol. The molecule has 1 unspecified atom stereocenters. The number of carbonyl (C=O) groups is 1. The summed E-state index contributed by atoms with van der Waals surface area (Å²) in [7, 11) is 0. The molecule has 17 heavy (non-hydrogen) atoms. The minimum Gasteiger partial charge on any atom is -0.356 e. The van der Waals surface area contributed by atoms with Gasteiger partial charge in [-0.3, -0.25) is 4.79 Å². The second-order valence-corrected chi connectivity index (χ2v) is 6.47. The van der Waals surface area contributed by atoms with Crippen molar-refractivity contribution in [2.45, 2.75) is 47.0 Å². The SMILES string of the molecule is CC(CNC(=O)CC1CCNCC1)C(C)(C)C. The molecular formula is C14H28N2O. The Balaban J connectivity index is 2.20. The quantitative estimate of drug-likeness (QED) is 0.791. The predicted octanol–water partition coefficient (Wildman–Crippen LogP) is 2.17. The molecule has 1 amide bonds. The third-order valence-electron chi connectivity index (χ3n) is 4.02. The third kappa shape index (κ3) is 5.53. The van der Waals surface area contributed by atoms with Crippen molar-refractivity contribution in [1.82, 2.24) is 10.6 Å². The normalized spacial score (nSPS) is 20.0. The van der Waals surface area contributed by atoms with Gasteiger partial charge in [-0.25, -0.2) is 0 Å². The van der Waals surface area contributed by atoms with Crippen LogP contribution in [0, 0.1) is 17.3 Å². The summed E-state index contributed by atoms with van der Waals surface area (Å²) in [6.45, 7) is 11.8. The lowest BCUT2D eigenvalue weighted by atomic mass is 9.82. The van der Waals surface area contributed by atoms with Crippen LogP contribution >= 0.6 is 0 Å². The van der Waals surface area contributed by atoms with Gasteiger partial charge in [-0.15, -0.1) is 0 Å². The highest BCUT2D eigenvalue weighted by molar-refractivity contribution is 5.76. The molecule has 1 aliphatic heterocycles. The van der Waals surface area contributed by atoms with E-state index in [2.05, 4.69) is 38.3 Å². The van der Waals surface area contributed by atoms with Gasteiger partial charge in [0.1, 0.15) is 0 Å². The molecule has 0 aliphatic carbocycles. The zero-order valence-corrected chi connectivity index (χ0v) is 11.8. The van der Waals surface area contributed by atoms with Crippen LogP contribution in [-0.4, -0.2) is 25.5 Å². The molecule has 100 valence electrons. The maximum atomic E-state index is 11.8. The molecule has 1 saturated heterocycles. The highest BCUT2D eigenvalue weighted by Crippen LogP contribution is 2.24. The van der Waals surface area contributed by atoms with Crippen molar-refractivity contribution < 1.29 is 4.79 Å². The predicted molar refractivity (Wildman–Crippen MR) is 71.8 cm³/mol. The summed E-state index contributed by atoms with van der Waals surface area (Å²) in [5.41, 5.74) is 0.266. The Morgan fingerprint density at radius 2 is 1.94 bits per heavy atom. The average molecular weight is 240 g/mol. The summed E-state index contributed by atoms with van der Waals surface area (Å²) in [6, 6.07) is 0. The molecule has 0 radical (unpaired) electrons. The van der Waals surface area contributed by atoms with Crippen molar-refractivity contribution in [2.24, 2.45) is 17.3 Å². The van der Waals surface area contributed by atoms with Crippen molar-refractivity contribution in [1.29, 1.82) is 0 Å². The zero-order valence-electron chi connectivity index (χ0n) is 11.8. The molecule has 3 nitrogen and oxygen atoms in total. The van der Waals surface area contributed by atoms with E-state index in [0.717, 1.165) is 32.5 Å².